The molecule has 0 saturated heterocycles. The molecule has 0 spiro atoms. The van der Waals surface area contributed by atoms with Crippen molar-refractivity contribution < 1.29 is 13.2 Å². The number of nitrogens with zero attached hydrogens (tertiary/aromatic N) is 1. The van der Waals surface area contributed by atoms with Gasteiger partial charge < -0.3 is 5.32 Å². The van der Waals surface area contributed by atoms with E-state index >= 15 is 0 Å². The van der Waals surface area contributed by atoms with E-state index in [-0.39, 0.29) is 18.4 Å². The van der Waals surface area contributed by atoms with Crippen LogP contribution in [0.3, 0.4) is 0 Å². The zero-order valence-corrected chi connectivity index (χ0v) is 11.9. The topological polar surface area (TPSA) is 78.5 Å². The molecule has 0 atom stereocenters. The van der Waals surface area contributed by atoms with Gasteiger partial charge in [0.2, 0.25) is 5.91 Å². The molecule has 0 aliphatic heterocycles. The number of hydrogen-bond acceptors (Lipinski definition) is 3. The summed E-state index contributed by atoms with van der Waals surface area (Å²) in [5.74, 6) is 0.197. The van der Waals surface area contributed by atoms with E-state index in [0.717, 1.165) is 25.7 Å². The van der Waals surface area contributed by atoms with Crippen molar-refractivity contribution in [2.45, 2.75) is 32.6 Å². The van der Waals surface area contributed by atoms with Crippen LogP contribution in [-0.4, -0.2) is 45.3 Å². The van der Waals surface area contributed by atoms with Crippen LogP contribution < -0.4 is 10.0 Å². The van der Waals surface area contributed by atoms with Gasteiger partial charge in [0.25, 0.3) is 10.2 Å². The number of carbonyl (C=O) groups excluding carboxylic acids is 1. The fraction of sp³-hybridized carbons (Fsp3) is 0.909. The molecule has 7 heteroatoms. The first-order valence-electron chi connectivity index (χ1n) is 6.46. The SMILES string of the molecule is CCCCN(C)S(=O)(=O)NCCNC(=O)C1CC1. The number of rotatable bonds is 9. The molecule has 1 aliphatic carbocycles. The Morgan fingerprint density at radius 3 is 2.56 bits per heavy atom. The molecule has 0 radical (unpaired) electrons. The maximum atomic E-state index is 11.7. The Hall–Kier alpha value is -0.660. The maximum Gasteiger partial charge on any atom is 0.279 e. The molecule has 1 fully saturated rings. The molecule has 18 heavy (non-hydrogen) atoms. The highest BCUT2D eigenvalue weighted by atomic mass is 32.2. The highest BCUT2D eigenvalue weighted by Gasteiger charge is 2.29. The Morgan fingerprint density at radius 1 is 1.33 bits per heavy atom. The van der Waals surface area contributed by atoms with Crippen molar-refractivity contribution in [2.75, 3.05) is 26.7 Å². The molecule has 2 N–H and O–H groups in total. The number of carbonyl (C=O) groups is 1. The van der Waals surface area contributed by atoms with Crippen LogP contribution in [0.15, 0.2) is 0 Å². The Kier molecular flexibility index (Phi) is 6.04. The van der Waals surface area contributed by atoms with Gasteiger partial charge in [-0.25, -0.2) is 4.72 Å². The summed E-state index contributed by atoms with van der Waals surface area (Å²) in [6, 6.07) is 0. The summed E-state index contributed by atoms with van der Waals surface area (Å²) < 4.78 is 27.2. The number of amides is 1. The minimum Gasteiger partial charge on any atom is -0.355 e. The van der Waals surface area contributed by atoms with E-state index in [1.165, 1.54) is 4.31 Å². The lowest BCUT2D eigenvalue weighted by molar-refractivity contribution is -0.122. The molecule has 1 aliphatic rings. The predicted octanol–water partition coefficient (Wildman–Crippen LogP) is 0.0789. The fourth-order valence-corrected chi connectivity index (χ4v) is 2.42. The summed E-state index contributed by atoms with van der Waals surface area (Å²) >= 11 is 0. The molecule has 0 aromatic rings. The summed E-state index contributed by atoms with van der Waals surface area (Å²) in [7, 11) is -1.85. The summed E-state index contributed by atoms with van der Waals surface area (Å²) in [6.07, 6.45) is 3.71. The minimum absolute atomic E-state index is 0.0357. The second-order valence-corrected chi connectivity index (χ2v) is 6.50. The molecule has 0 aromatic carbocycles. The van der Waals surface area contributed by atoms with Crippen LogP contribution in [-0.2, 0) is 15.0 Å². The molecular weight excluding hydrogens is 254 g/mol. The lowest BCUT2D eigenvalue weighted by atomic mass is 10.3. The van der Waals surface area contributed by atoms with Gasteiger partial charge in [-0.3, -0.25) is 4.79 Å². The molecule has 0 heterocycles. The highest BCUT2D eigenvalue weighted by molar-refractivity contribution is 7.87. The minimum atomic E-state index is -3.40. The smallest absolute Gasteiger partial charge is 0.279 e. The average Bonchev–Trinajstić information content (AvgIpc) is 3.15. The summed E-state index contributed by atoms with van der Waals surface area (Å²) in [5, 5.41) is 2.71. The van der Waals surface area contributed by atoms with Crippen LogP contribution in [0.2, 0.25) is 0 Å². The van der Waals surface area contributed by atoms with Gasteiger partial charge in [-0.1, -0.05) is 13.3 Å². The van der Waals surface area contributed by atoms with E-state index in [9.17, 15) is 13.2 Å². The number of hydrogen-bond donors (Lipinski definition) is 2. The van der Waals surface area contributed by atoms with Crippen molar-refractivity contribution in [1.29, 1.82) is 0 Å². The van der Waals surface area contributed by atoms with Gasteiger partial charge >= 0.3 is 0 Å². The molecule has 0 unspecified atom stereocenters. The van der Waals surface area contributed by atoms with Gasteiger partial charge in [-0.2, -0.15) is 12.7 Å². The van der Waals surface area contributed by atoms with Crippen molar-refractivity contribution in [3.63, 3.8) is 0 Å². The third-order valence-corrected chi connectivity index (χ3v) is 4.47. The Morgan fingerprint density at radius 2 is 2.00 bits per heavy atom. The monoisotopic (exact) mass is 277 g/mol. The largest absolute Gasteiger partial charge is 0.355 e. The van der Waals surface area contributed by atoms with Gasteiger partial charge in [0.15, 0.2) is 0 Å². The van der Waals surface area contributed by atoms with Crippen molar-refractivity contribution >= 4 is 16.1 Å². The van der Waals surface area contributed by atoms with Gasteiger partial charge in [0.05, 0.1) is 0 Å². The third-order valence-electron chi connectivity index (χ3n) is 2.89. The molecule has 1 rings (SSSR count). The van der Waals surface area contributed by atoms with E-state index in [1.54, 1.807) is 7.05 Å². The van der Waals surface area contributed by atoms with Crippen molar-refractivity contribution in [3.8, 4) is 0 Å². The van der Waals surface area contributed by atoms with Crippen LogP contribution in [0.1, 0.15) is 32.6 Å². The Balaban J connectivity index is 2.17. The summed E-state index contributed by atoms with van der Waals surface area (Å²) in [5.41, 5.74) is 0. The molecular formula is C11H23N3O3S. The normalized spacial score (nSPS) is 15.9. The zero-order valence-electron chi connectivity index (χ0n) is 11.1. The third kappa shape index (κ3) is 5.32. The number of nitrogens with one attached hydrogen (secondary N) is 2. The van der Waals surface area contributed by atoms with Crippen LogP contribution in [0, 0.1) is 5.92 Å². The highest BCUT2D eigenvalue weighted by Crippen LogP contribution is 2.28. The van der Waals surface area contributed by atoms with Crippen LogP contribution in [0.4, 0.5) is 0 Å². The van der Waals surface area contributed by atoms with Gasteiger partial charge in [-0.05, 0) is 19.3 Å². The lowest BCUT2D eigenvalue weighted by Gasteiger charge is -2.17. The van der Waals surface area contributed by atoms with E-state index in [4.69, 9.17) is 0 Å². The van der Waals surface area contributed by atoms with Crippen molar-refractivity contribution in [1.82, 2.24) is 14.3 Å². The molecule has 1 amide bonds. The Labute approximate surface area is 109 Å². The zero-order chi connectivity index (χ0) is 13.6. The summed E-state index contributed by atoms with van der Waals surface area (Å²) in [4.78, 5) is 11.3. The molecule has 0 bridgehead atoms. The molecule has 6 nitrogen and oxygen atoms in total. The molecule has 0 aromatic heterocycles. The quantitative estimate of drug-likeness (QED) is 0.586. The van der Waals surface area contributed by atoms with E-state index in [1.807, 2.05) is 6.92 Å². The van der Waals surface area contributed by atoms with Crippen LogP contribution >= 0.6 is 0 Å². The van der Waals surface area contributed by atoms with E-state index in [2.05, 4.69) is 10.0 Å². The standard InChI is InChI=1S/C11H23N3O3S/c1-3-4-9-14(2)18(16,17)13-8-7-12-11(15)10-5-6-10/h10,13H,3-9H2,1-2H3,(H,12,15). The summed E-state index contributed by atoms with van der Waals surface area (Å²) in [6.45, 7) is 3.11. The second-order valence-electron chi connectivity index (χ2n) is 4.64. The van der Waals surface area contributed by atoms with E-state index in [0.29, 0.717) is 13.1 Å². The van der Waals surface area contributed by atoms with Crippen LogP contribution in [0.5, 0.6) is 0 Å². The molecule has 106 valence electrons. The van der Waals surface area contributed by atoms with E-state index < -0.39 is 10.2 Å². The number of unbranched alkanes of at least 4 members (excludes halogenated alkanes) is 1. The van der Waals surface area contributed by atoms with Crippen molar-refractivity contribution in [3.05, 3.63) is 0 Å². The lowest BCUT2D eigenvalue weighted by Crippen LogP contribution is -2.42. The predicted molar refractivity (Wildman–Crippen MR) is 70.2 cm³/mol. The Bertz CT molecular complexity index is 366. The first-order chi connectivity index (χ1) is 8.47. The van der Waals surface area contributed by atoms with Gasteiger partial charge in [-0.15, -0.1) is 0 Å². The van der Waals surface area contributed by atoms with Crippen LogP contribution in [0.25, 0.3) is 0 Å². The fourth-order valence-electron chi connectivity index (χ4n) is 1.47. The maximum absolute atomic E-state index is 11.7. The second kappa shape index (κ2) is 7.06. The first kappa shape index (κ1) is 15.4. The van der Waals surface area contributed by atoms with Gasteiger partial charge in [0.1, 0.15) is 0 Å². The van der Waals surface area contributed by atoms with Gasteiger partial charge in [0, 0.05) is 32.6 Å². The van der Waals surface area contributed by atoms with Crippen molar-refractivity contribution in [2.24, 2.45) is 5.92 Å². The first-order valence-corrected chi connectivity index (χ1v) is 7.90. The molecule has 1 saturated carbocycles. The average molecular weight is 277 g/mol.